The number of nitrogens with zero attached hydrogens (tertiary/aromatic N) is 1. The van der Waals surface area contributed by atoms with Crippen LogP contribution in [-0.2, 0) is 11.3 Å². The Kier molecular flexibility index (Phi) is 5.20. The summed E-state index contributed by atoms with van der Waals surface area (Å²) in [6.07, 6.45) is 1.75. The van der Waals surface area contributed by atoms with Gasteiger partial charge in [-0.15, -0.1) is 0 Å². The highest BCUT2D eigenvalue weighted by Crippen LogP contribution is 2.21. The largest absolute Gasteiger partial charge is 0.326 e. The van der Waals surface area contributed by atoms with Crippen LogP contribution in [0, 0.1) is 17.6 Å². The summed E-state index contributed by atoms with van der Waals surface area (Å²) < 4.78 is 26.2. The number of piperidine rings is 1. The van der Waals surface area contributed by atoms with Crippen molar-refractivity contribution in [2.75, 3.05) is 18.4 Å². The molecule has 1 unspecified atom stereocenters. The van der Waals surface area contributed by atoms with Gasteiger partial charge in [0.2, 0.25) is 5.91 Å². The number of carbonyl (C=O) groups excluding carboxylic acids is 1. The van der Waals surface area contributed by atoms with E-state index in [2.05, 4.69) is 10.2 Å². The summed E-state index contributed by atoms with van der Waals surface area (Å²) in [5.74, 6) is -0.814. The molecule has 0 radical (unpaired) electrons. The molecule has 1 atom stereocenters. The molecule has 2 aromatic carbocycles. The Morgan fingerprint density at radius 2 is 1.92 bits per heavy atom. The normalized spacial score (nSPS) is 18.3. The highest BCUT2D eigenvalue weighted by Gasteiger charge is 2.25. The number of nitrogens with one attached hydrogen (secondary N) is 1. The summed E-state index contributed by atoms with van der Waals surface area (Å²) in [7, 11) is 0. The molecule has 0 aromatic heterocycles. The maximum absolute atomic E-state index is 13.2. The van der Waals surface area contributed by atoms with Crippen molar-refractivity contribution in [2.45, 2.75) is 19.4 Å². The Hall–Kier alpha value is -2.27. The second-order valence-electron chi connectivity index (χ2n) is 6.20. The zero-order chi connectivity index (χ0) is 16.9. The van der Waals surface area contributed by atoms with Gasteiger partial charge in [0, 0.05) is 18.8 Å². The Morgan fingerprint density at radius 1 is 1.12 bits per heavy atom. The number of amides is 1. The van der Waals surface area contributed by atoms with Gasteiger partial charge < -0.3 is 5.32 Å². The van der Waals surface area contributed by atoms with Gasteiger partial charge in [0.1, 0.15) is 11.6 Å². The quantitative estimate of drug-likeness (QED) is 0.924. The first-order valence-electron chi connectivity index (χ1n) is 8.13. The van der Waals surface area contributed by atoms with Crippen LogP contribution in [0.3, 0.4) is 0 Å². The molecular weight excluding hydrogens is 310 g/mol. The Labute approximate surface area is 140 Å². The third kappa shape index (κ3) is 4.38. The minimum atomic E-state index is -0.366. The van der Waals surface area contributed by atoms with Crippen molar-refractivity contribution in [1.29, 1.82) is 0 Å². The molecule has 3 nitrogen and oxygen atoms in total. The number of rotatable bonds is 4. The lowest BCUT2D eigenvalue weighted by molar-refractivity contribution is -0.121. The maximum Gasteiger partial charge on any atom is 0.228 e. The third-order valence-electron chi connectivity index (χ3n) is 4.29. The monoisotopic (exact) mass is 330 g/mol. The van der Waals surface area contributed by atoms with E-state index in [1.807, 2.05) is 0 Å². The molecule has 1 aliphatic heterocycles. The molecule has 0 aliphatic carbocycles. The maximum atomic E-state index is 13.2. The molecule has 1 amide bonds. The Morgan fingerprint density at radius 3 is 2.67 bits per heavy atom. The van der Waals surface area contributed by atoms with Crippen LogP contribution in [-0.4, -0.2) is 23.9 Å². The lowest BCUT2D eigenvalue weighted by Crippen LogP contribution is -2.40. The van der Waals surface area contributed by atoms with E-state index in [0.717, 1.165) is 24.9 Å². The van der Waals surface area contributed by atoms with Gasteiger partial charge >= 0.3 is 0 Å². The van der Waals surface area contributed by atoms with Crippen molar-refractivity contribution >= 4 is 11.6 Å². The standard InChI is InChI=1S/C19H20F2N2O/c20-16-8-6-14(7-9-16)12-23-10-2-3-15(13-23)19(24)22-18-5-1-4-17(21)11-18/h1,4-9,11,15H,2-3,10,12-13H2,(H,22,24). The van der Waals surface area contributed by atoms with Crippen LogP contribution in [0.2, 0.25) is 0 Å². The zero-order valence-electron chi connectivity index (χ0n) is 13.3. The number of halogens is 2. The molecule has 3 rings (SSSR count). The molecular formula is C19H20F2N2O. The van der Waals surface area contributed by atoms with Crippen molar-refractivity contribution < 1.29 is 13.6 Å². The number of hydrogen-bond acceptors (Lipinski definition) is 2. The van der Waals surface area contributed by atoms with Crippen LogP contribution >= 0.6 is 0 Å². The van der Waals surface area contributed by atoms with E-state index in [0.29, 0.717) is 18.8 Å². The highest BCUT2D eigenvalue weighted by molar-refractivity contribution is 5.92. The van der Waals surface area contributed by atoms with Crippen molar-refractivity contribution in [3.05, 3.63) is 65.7 Å². The average molecular weight is 330 g/mol. The summed E-state index contributed by atoms with van der Waals surface area (Å²) in [6.45, 7) is 2.27. The molecule has 2 aromatic rings. The van der Waals surface area contributed by atoms with Gasteiger partial charge in [-0.2, -0.15) is 0 Å². The van der Waals surface area contributed by atoms with Crippen molar-refractivity contribution in [1.82, 2.24) is 4.90 Å². The highest BCUT2D eigenvalue weighted by atomic mass is 19.1. The molecule has 1 fully saturated rings. The van der Waals surface area contributed by atoms with Crippen LogP contribution < -0.4 is 5.32 Å². The fourth-order valence-electron chi connectivity index (χ4n) is 3.07. The summed E-state index contributed by atoms with van der Waals surface area (Å²) in [4.78, 5) is 14.6. The van der Waals surface area contributed by atoms with Crippen LogP contribution in [0.4, 0.5) is 14.5 Å². The molecule has 0 saturated carbocycles. The fraction of sp³-hybridized carbons (Fsp3) is 0.316. The SMILES string of the molecule is O=C(Nc1cccc(F)c1)C1CCCN(Cc2ccc(F)cc2)C1. The lowest BCUT2D eigenvalue weighted by atomic mass is 9.96. The second kappa shape index (κ2) is 7.53. The van der Waals surface area contributed by atoms with E-state index in [1.165, 1.54) is 24.3 Å². The first-order valence-corrected chi connectivity index (χ1v) is 8.13. The van der Waals surface area contributed by atoms with E-state index in [1.54, 1.807) is 24.3 Å². The number of hydrogen-bond donors (Lipinski definition) is 1. The molecule has 0 spiro atoms. The van der Waals surface area contributed by atoms with Gasteiger partial charge in [0.25, 0.3) is 0 Å². The van der Waals surface area contributed by atoms with E-state index < -0.39 is 0 Å². The van der Waals surface area contributed by atoms with Crippen molar-refractivity contribution in [2.24, 2.45) is 5.92 Å². The van der Waals surface area contributed by atoms with E-state index >= 15 is 0 Å². The smallest absolute Gasteiger partial charge is 0.228 e. The van der Waals surface area contributed by atoms with Gasteiger partial charge in [0.15, 0.2) is 0 Å². The van der Waals surface area contributed by atoms with E-state index in [9.17, 15) is 13.6 Å². The van der Waals surface area contributed by atoms with Crippen LogP contribution in [0.1, 0.15) is 18.4 Å². The van der Waals surface area contributed by atoms with Crippen molar-refractivity contribution in [3.63, 3.8) is 0 Å². The molecule has 0 bridgehead atoms. The first-order chi connectivity index (χ1) is 11.6. The van der Waals surface area contributed by atoms with E-state index in [-0.39, 0.29) is 23.5 Å². The van der Waals surface area contributed by atoms with Gasteiger partial charge in [-0.05, 0) is 55.3 Å². The molecule has 1 N–H and O–H groups in total. The van der Waals surface area contributed by atoms with E-state index in [4.69, 9.17) is 0 Å². The summed E-state index contributed by atoms with van der Waals surface area (Å²) in [5, 5.41) is 2.79. The van der Waals surface area contributed by atoms with Gasteiger partial charge in [-0.25, -0.2) is 8.78 Å². The minimum absolute atomic E-state index is 0.0793. The second-order valence-corrected chi connectivity index (χ2v) is 6.20. The number of carbonyl (C=O) groups is 1. The Balaban J connectivity index is 1.58. The first kappa shape index (κ1) is 16.6. The van der Waals surface area contributed by atoms with Crippen LogP contribution in [0.5, 0.6) is 0 Å². The average Bonchev–Trinajstić information content (AvgIpc) is 2.57. The van der Waals surface area contributed by atoms with Gasteiger partial charge in [-0.1, -0.05) is 18.2 Å². The van der Waals surface area contributed by atoms with Crippen molar-refractivity contribution in [3.8, 4) is 0 Å². The summed E-state index contributed by atoms with van der Waals surface area (Å²) >= 11 is 0. The molecule has 1 aliphatic rings. The molecule has 1 saturated heterocycles. The molecule has 1 heterocycles. The van der Waals surface area contributed by atoms with Gasteiger partial charge in [0.05, 0.1) is 5.92 Å². The molecule has 24 heavy (non-hydrogen) atoms. The van der Waals surface area contributed by atoms with Gasteiger partial charge in [-0.3, -0.25) is 9.69 Å². The lowest BCUT2D eigenvalue weighted by Gasteiger charge is -2.32. The predicted molar refractivity (Wildman–Crippen MR) is 89.4 cm³/mol. The summed E-state index contributed by atoms with van der Waals surface area (Å²) in [6, 6.07) is 12.4. The molecule has 126 valence electrons. The van der Waals surface area contributed by atoms with Crippen LogP contribution in [0.25, 0.3) is 0 Å². The zero-order valence-corrected chi connectivity index (χ0v) is 13.3. The summed E-state index contributed by atoms with van der Waals surface area (Å²) in [5.41, 5.74) is 1.51. The van der Waals surface area contributed by atoms with Crippen LogP contribution in [0.15, 0.2) is 48.5 Å². The number of likely N-dealkylation sites (tertiary alicyclic amines) is 1. The minimum Gasteiger partial charge on any atom is -0.326 e. The third-order valence-corrected chi connectivity index (χ3v) is 4.29. The predicted octanol–water partition coefficient (Wildman–Crippen LogP) is 3.82. The topological polar surface area (TPSA) is 32.3 Å². The Bertz CT molecular complexity index is 703. The molecule has 5 heteroatoms. The number of benzene rings is 2. The fourth-order valence-corrected chi connectivity index (χ4v) is 3.07. The number of anilines is 1.